The van der Waals surface area contributed by atoms with Gasteiger partial charge in [-0.3, -0.25) is 0 Å². The molecule has 0 atom stereocenters. The molecule has 2 nitrogen and oxygen atoms in total. The van der Waals surface area contributed by atoms with Crippen molar-refractivity contribution in [2.24, 2.45) is 5.92 Å². The zero-order chi connectivity index (χ0) is 11.4. The Kier molecular flexibility index (Phi) is 3.70. The van der Waals surface area contributed by atoms with E-state index in [4.69, 9.17) is 4.74 Å². The highest BCUT2D eigenvalue weighted by Gasteiger charge is 2.15. The second-order valence-electron chi connectivity index (χ2n) is 4.50. The van der Waals surface area contributed by atoms with Crippen LogP contribution in [0.2, 0.25) is 0 Å². The third-order valence-corrected chi connectivity index (χ3v) is 3.28. The molecule has 1 aromatic rings. The van der Waals surface area contributed by atoms with Crippen LogP contribution in [-0.2, 0) is 0 Å². The molecule has 2 rings (SSSR count). The zero-order valence-corrected chi connectivity index (χ0v) is 9.78. The quantitative estimate of drug-likeness (QED) is 0.842. The Labute approximate surface area is 97.3 Å². The van der Waals surface area contributed by atoms with Crippen LogP contribution in [0.3, 0.4) is 0 Å². The topological polar surface area (TPSA) is 29.5 Å². The molecule has 0 saturated heterocycles. The lowest BCUT2D eigenvalue weighted by molar-refractivity contribution is 0.372. The first-order valence-electron chi connectivity index (χ1n) is 6.01. The molecule has 1 N–H and O–H groups in total. The zero-order valence-electron chi connectivity index (χ0n) is 9.78. The molecule has 0 spiro atoms. The van der Waals surface area contributed by atoms with E-state index in [1.165, 1.54) is 32.1 Å². The van der Waals surface area contributed by atoms with Gasteiger partial charge in [0, 0.05) is 0 Å². The van der Waals surface area contributed by atoms with Crippen molar-refractivity contribution in [2.45, 2.75) is 32.1 Å². The van der Waals surface area contributed by atoms with E-state index in [0.29, 0.717) is 11.7 Å². The van der Waals surface area contributed by atoms with E-state index in [1.807, 2.05) is 12.1 Å². The summed E-state index contributed by atoms with van der Waals surface area (Å²) in [7, 11) is 1.58. The molecular formula is C14H19O2. The first kappa shape index (κ1) is 11.3. The fourth-order valence-electron chi connectivity index (χ4n) is 2.37. The molecule has 0 amide bonds. The van der Waals surface area contributed by atoms with Crippen LogP contribution in [0.5, 0.6) is 11.5 Å². The highest BCUT2D eigenvalue weighted by Crippen LogP contribution is 2.32. The van der Waals surface area contributed by atoms with E-state index in [2.05, 4.69) is 6.42 Å². The maximum Gasteiger partial charge on any atom is 0.160 e. The average molecular weight is 219 g/mol. The average Bonchev–Trinajstić information content (AvgIpc) is 2.33. The molecule has 1 aliphatic rings. The standard InChI is InChI=1S/C14H19O2/c1-16-14-10-12(7-8-13(14)15)9-11-5-3-2-4-6-11/h7-11,15H,2-6H2,1H3. The van der Waals surface area contributed by atoms with Crippen molar-refractivity contribution in [2.75, 3.05) is 7.11 Å². The van der Waals surface area contributed by atoms with Crippen LogP contribution in [-0.4, -0.2) is 12.2 Å². The number of phenolic OH excluding ortho intramolecular Hbond substituents is 1. The van der Waals surface area contributed by atoms with Gasteiger partial charge in [0.1, 0.15) is 0 Å². The lowest BCUT2D eigenvalue weighted by Gasteiger charge is -2.21. The summed E-state index contributed by atoms with van der Waals surface area (Å²) < 4.78 is 5.10. The van der Waals surface area contributed by atoms with Crippen LogP contribution in [0, 0.1) is 12.3 Å². The van der Waals surface area contributed by atoms with Gasteiger partial charge >= 0.3 is 0 Å². The predicted molar refractivity (Wildman–Crippen MR) is 64.6 cm³/mol. The summed E-state index contributed by atoms with van der Waals surface area (Å²) in [6.07, 6.45) is 8.96. The minimum absolute atomic E-state index is 0.211. The van der Waals surface area contributed by atoms with Gasteiger partial charge in [-0.05, 0) is 42.9 Å². The molecule has 1 fully saturated rings. The summed E-state index contributed by atoms with van der Waals surface area (Å²) in [6, 6.07) is 5.56. The number of aromatic hydroxyl groups is 1. The molecule has 0 aliphatic heterocycles. The van der Waals surface area contributed by atoms with E-state index in [9.17, 15) is 5.11 Å². The Bertz CT molecular complexity index is 341. The summed E-state index contributed by atoms with van der Waals surface area (Å²) in [6.45, 7) is 0. The SMILES string of the molecule is COc1cc([CH]C2CCCCC2)ccc1O. The third kappa shape index (κ3) is 2.69. The van der Waals surface area contributed by atoms with Gasteiger partial charge < -0.3 is 9.84 Å². The van der Waals surface area contributed by atoms with Crippen LogP contribution in [0.4, 0.5) is 0 Å². The highest BCUT2D eigenvalue weighted by atomic mass is 16.5. The normalized spacial score (nSPS) is 17.3. The fraction of sp³-hybridized carbons (Fsp3) is 0.500. The lowest BCUT2D eigenvalue weighted by Crippen LogP contribution is -2.07. The maximum absolute atomic E-state index is 9.50. The van der Waals surface area contributed by atoms with Crippen molar-refractivity contribution in [3.05, 3.63) is 30.2 Å². The van der Waals surface area contributed by atoms with Gasteiger partial charge in [0.2, 0.25) is 0 Å². The second kappa shape index (κ2) is 5.24. The van der Waals surface area contributed by atoms with Gasteiger partial charge in [0.15, 0.2) is 11.5 Å². The number of ether oxygens (including phenoxy) is 1. The Balaban J connectivity index is 2.03. The van der Waals surface area contributed by atoms with Gasteiger partial charge in [-0.1, -0.05) is 25.3 Å². The molecule has 16 heavy (non-hydrogen) atoms. The number of hydrogen-bond donors (Lipinski definition) is 1. The first-order valence-corrected chi connectivity index (χ1v) is 6.01. The van der Waals surface area contributed by atoms with E-state index in [0.717, 1.165) is 5.56 Å². The number of benzene rings is 1. The van der Waals surface area contributed by atoms with E-state index >= 15 is 0 Å². The van der Waals surface area contributed by atoms with Gasteiger partial charge in [0.25, 0.3) is 0 Å². The van der Waals surface area contributed by atoms with Crippen molar-refractivity contribution in [1.82, 2.24) is 0 Å². The summed E-state index contributed by atoms with van der Waals surface area (Å²) >= 11 is 0. The molecule has 0 heterocycles. The highest BCUT2D eigenvalue weighted by molar-refractivity contribution is 5.44. The summed E-state index contributed by atoms with van der Waals surface area (Å²) in [4.78, 5) is 0. The molecule has 0 unspecified atom stereocenters. The number of hydrogen-bond acceptors (Lipinski definition) is 2. The van der Waals surface area contributed by atoms with E-state index in [-0.39, 0.29) is 5.75 Å². The van der Waals surface area contributed by atoms with Crippen molar-refractivity contribution in [3.8, 4) is 11.5 Å². The second-order valence-corrected chi connectivity index (χ2v) is 4.50. The van der Waals surface area contributed by atoms with Crippen LogP contribution in [0.25, 0.3) is 0 Å². The van der Waals surface area contributed by atoms with Gasteiger partial charge in [-0.15, -0.1) is 0 Å². The minimum Gasteiger partial charge on any atom is -0.504 e. The molecule has 2 heteroatoms. The Hall–Kier alpha value is -1.18. The van der Waals surface area contributed by atoms with Crippen molar-refractivity contribution < 1.29 is 9.84 Å². The van der Waals surface area contributed by atoms with E-state index < -0.39 is 0 Å². The Morgan fingerprint density at radius 1 is 1.25 bits per heavy atom. The van der Waals surface area contributed by atoms with Crippen molar-refractivity contribution >= 4 is 0 Å². The molecule has 0 aromatic heterocycles. The van der Waals surface area contributed by atoms with Crippen molar-refractivity contribution in [1.29, 1.82) is 0 Å². The van der Waals surface area contributed by atoms with Gasteiger partial charge in [0.05, 0.1) is 7.11 Å². The van der Waals surface area contributed by atoms with Crippen LogP contribution in [0.1, 0.15) is 37.7 Å². The summed E-state index contributed by atoms with van der Waals surface area (Å²) in [5.74, 6) is 1.47. The molecule has 1 aromatic carbocycles. The third-order valence-electron chi connectivity index (χ3n) is 3.28. The van der Waals surface area contributed by atoms with Crippen molar-refractivity contribution in [3.63, 3.8) is 0 Å². The Morgan fingerprint density at radius 3 is 2.69 bits per heavy atom. The van der Waals surface area contributed by atoms with Gasteiger partial charge in [-0.25, -0.2) is 0 Å². The summed E-state index contributed by atoms with van der Waals surface area (Å²) in [5.41, 5.74) is 1.15. The molecular weight excluding hydrogens is 200 g/mol. The largest absolute Gasteiger partial charge is 0.504 e. The number of rotatable bonds is 3. The first-order chi connectivity index (χ1) is 7.79. The van der Waals surface area contributed by atoms with Crippen LogP contribution >= 0.6 is 0 Å². The molecule has 87 valence electrons. The fourth-order valence-corrected chi connectivity index (χ4v) is 2.37. The maximum atomic E-state index is 9.50. The van der Waals surface area contributed by atoms with Crippen LogP contribution < -0.4 is 4.74 Å². The minimum atomic E-state index is 0.211. The number of methoxy groups -OCH3 is 1. The summed E-state index contributed by atoms with van der Waals surface area (Å²) in [5, 5.41) is 9.50. The lowest BCUT2D eigenvalue weighted by atomic mass is 9.85. The smallest absolute Gasteiger partial charge is 0.160 e. The monoisotopic (exact) mass is 219 g/mol. The molecule has 0 bridgehead atoms. The number of phenols is 1. The van der Waals surface area contributed by atoms with Crippen LogP contribution in [0.15, 0.2) is 18.2 Å². The van der Waals surface area contributed by atoms with Gasteiger partial charge in [-0.2, -0.15) is 0 Å². The predicted octanol–water partition coefficient (Wildman–Crippen LogP) is 3.53. The van der Waals surface area contributed by atoms with E-state index in [1.54, 1.807) is 13.2 Å². The molecule has 1 radical (unpaired) electrons. The molecule has 1 saturated carbocycles. The molecule has 1 aliphatic carbocycles. The Morgan fingerprint density at radius 2 is 2.00 bits per heavy atom.